The van der Waals surface area contributed by atoms with E-state index < -0.39 is 10.0 Å². The van der Waals surface area contributed by atoms with Crippen molar-refractivity contribution >= 4 is 45.9 Å². The number of aliphatic imine (C=N–C) groups is 1. The molecular formula is C16H33IN4O4S. The summed E-state index contributed by atoms with van der Waals surface area (Å²) in [6, 6.07) is 0. The molecule has 1 rings (SSSR count). The van der Waals surface area contributed by atoms with Gasteiger partial charge in [-0.2, -0.15) is 0 Å². The monoisotopic (exact) mass is 504 g/mol. The van der Waals surface area contributed by atoms with Crippen molar-refractivity contribution in [2.45, 2.75) is 27.2 Å². The Kier molecular flexibility index (Phi) is 11.7. The zero-order chi connectivity index (χ0) is 19.0. The molecule has 0 bridgehead atoms. The number of carbonyl (C=O) groups is 1. The number of sulfonamides is 1. The van der Waals surface area contributed by atoms with Gasteiger partial charge >= 0.3 is 5.97 Å². The minimum Gasteiger partial charge on any atom is -0.469 e. The molecule has 1 saturated heterocycles. The van der Waals surface area contributed by atoms with Crippen LogP contribution in [0.1, 0.15) is 27.2 Å². The van der Waals surface area contributed by atoms with Crippen LogP contribution in [0.15, 0.2) is 4.99 Å². The van der Waals surface area contributed by atoms with Gasteiger partial charge in [0.1, 0.15) is 0 Å². The summed E-state index contributed by atoms with van der Waals surface area (Å²) in [5, 5.41) is 3.24. The Bertz CT molecular complexity index is 571. The van der Waals surface area contributed by atoms with Gasteiger partial charge in [-0.3, -0.25) is 9.79 Å². The molecule has 154 valence electrons. The first-order valence-corrected chi connectivity index (χ1v) is 10.4. The molecule has 10 heteroatoms. The first-order chi connectivity index (χ1) is 11.8. The Morgan fingerprint density at radius 2 is 2.00 bits per heavy atom. The van der Waals surface area contributed by atoms with E-state index in [1.54, 1.807) is 14.0 Å². The molecule has 0 aliphatic carbocycles. The number of likely N-dealkylation sites (tertiary alicyclic amines) is 1. The molecule has 0 aromatic carbocycles. The van der Waals surface area contributed by atoms with Crippen LogP contribution in [-0.2, 0) is 19.6 Å². The van der Waals surface area contributed by atoms with E-state index in [2.05, 4.69) is 15.2 Å². The van der Waals surface area contributed by atoms with E-state index in [1.807, 2.05) is 13.8 Å². The van der Waals surface area contributed by atoms with Crippen molar-refractivity contribution < 1.29 is 17.9 Å². The number of guanidine groups is 1. The fraction of sp³-hybridized carbons (Fsp3) is 0.875. The predicted octanol–water partition coefficient (Wildman–Crippen LogP) is 0.982. The minimum absolute atomic E-state index is 0. The number of halogens is 1. The van der Waals surface area contributed by atoms with Crippen LogP contribution in [0, 0.1) is 11.8 Å². The quantitative estimate of drug-likeness (QED) is 0.174. The predicted molar refractivity (Wildman–Crippen MR) is 114 cm³/mol. The van der Waals surface area contributed by atoms with Gasteiger partial charge < -0.3 is 15.0 Å². The summed E-state index contributed by atoms with van der Waals surface area (Å²) >= 11 is 0. The molecule has 1 fully saturated rings. The van der Waals surface area contributed by atoms with Crippen LogP contribution in [0.25, 0.3) is 0 Å². The van der Waals surface area contributed by atoms with E-state index in [0.29, 0.717) is 26.1 Å². The average molecular weight is 504 g/mol. The summed E-state index contributed by atoms with van der Waals surface area (Å²) in [4.78, 5) is 18.5. The molecule has 1 N–H and O–H groups in total. The van der Waals surface area contributed by atoms with Gasteiger partial charge in [-0.25, -0.2) is 12.7 Å². The molecule has 8 nitrogen and oxygen atoms in total. The molecule has 1 aliphatic rings. The number of carbonyl (C=O) groups excluding carboxylic acids is 1. The standard InChI is InChI=1S/C16H32N4O4S.HI/c1-6-17-16(18-9-8-10-19(4)25(22,23)7-2)20-11-13(3)14(12-20)15(21)24-5;/h13-14H,6-12H2,1-5H3,(H,17,18);1H. The molecule has 2 unspecified atom stereocenters. The summed E-state index contributed by atoms with van der Waals surface area (Å²) in [7, 11) is -0.136. The molecule has 0 aromatic rings. The number of hydrogen-bond acceptors (Lipinski definition) is 5. The third-order valence-corrected chi connectivity index (χ3v) is 6.34. The zero-order valence-electron chi connectivity index (χ0n) is 16.4. The van der Waals surface area contributed by atoms with Gasteiger partial charge in [0.05, 0.1) is 18.8 Å². The zero-order valence-corrected chi connectivity index (χ0v) is 19.5. The topological polar surface area (TPSA) is 91.3 Å². The highest BCUT2D eigenvalue weighted by Gasteiger charge is 2.36. The van der Waals surface area contributed by atoms with Gasteiger partial charge in [0, 0.05) is 39.8 Å². The maximum absolute atomic E-state index is 11.8. The fourth-order valence-corrected chi connectivity index (χ4v) is 3.71. The lowest BCUT2D eigenvalue weighted by atomic mass is 9.99. The van der Waals surface area contributed by atoms with Gasteiger partial charge in [-0.1, -0.05) is 6.92 Å². The van der Waals surface area contributed by atoms with Gasteiger partial charge in [-0.05, 0) is 26.2 Å². The lowest BCUT2D eigenvalue weighted by molar-refractivity contribution is -0.145. The molecule has 26 heavy (non-hydrogen) atoms. The number of esters is 1. The highest BCUT2D eigenvalue weighted by atomic mass is 127. The van der Waals surface area contributed by atoms with Crippen LogP contribution < -0.4 is 5.32 Å². The van der Waals surface area contributed by atoms with Gasteiger partial charge in [0.15, 0.2) is 5.96 Å². The Hall–Kier alpha value is -0.620. The fourth-order valence-electron chi connectivity index (χ4n) is 2.86. The molecule has 0 spiro atoms. The Labute approximate surface area is 174 Å². The summed E-state index contributed by atoms with van der Waals surface area (Å²) in [5.74, 6) is 0.751. The summed E-state index contributed by atoms with van der Waals surface area (Å²) in [5.41, 5.74) is 0. The van der Waals surface area contributed by atoms with E-state index in [-0.39, 0.29) is 47.5 Å². The average Bonchev–Trinajstić information content (AvgIpc) is 2.98. The second-order valence-electron chi connectivity index (χ2n) is 6.32. The molecule has 0 aromatic heterocycles. The lowest BCUT2D eigenvalue weighted by Crippen LogP contribution is -2.40. The Morgan fingerprint density at radius 1 is 1.35 bits per heavy atom. The van der Waals surface area contributed by atoms with E-state index >= 15 is 0 Å². The van der Waals surface area contributed by atoms with E-state index in [9.17, 15) is 13.2 Å². The Morgan fingerprint density at radius 3 is 2.54 bits per heavy atom. The van der Waals surface area contributed by atoms with E-state index in [0.717, 1.165) is 19.0 Å². The highest BCUT2D eigenvalue weighted by molar-refractivity contribution is 14.0. The van der Waals surface area contributed by atoms with Crippen molar-refractivity contribution in [3.05, 3.63) is 0 Å². The molecule has 0 radical (unpaired) electrons. The molecule has 2 atom stereocenters. The van der Waals surface area contributed by atoms with Crippen molar-refractivity contribution in [2.75, 3.05) is 52.6 Å². The molecule has 1 aliphatic heterocycles. The second kappa shape index (κ2) is 12.0. The van der Waals surface area contributed by atoms with Gasteiger partial charge in [0.25, 0.3) is 0 Å². The molecular weight excluding hydrogens is 471 g/mol. The minimum atomic E-state index is -3.14. The number of rotatable bonds is 8. The number of nitrogens with one attached hydrogen (secondary N) is 1. The number of nitrogens with zero attached hydrogens (tertiary/aromatic N) is 3. The van der Waals surface area contributed by atoms with Crippen molar-refractivity contribution in [3.63, 3.8) is 0 Å². The largest absolute Gasteiger partial charge is 0.469 e. The van der Waals surface area contributed by atoms with Crippen LogP contribution in [0.5, 0.6) is 0 Å². The number of methoxy groups -OCH3 is 1. The first-order valence-electron chi connectivity index (χ1n) is 8.81. The maximum Gasteiger partial charge on any atom is 0.310 e. The van der Waals surface area contributed by atoms with Crippen molar-refractivity contribution in [2.24, 2.45) is 16.8 Å². The maximum atomic E-state index is 11.8. The first kappa shape index (κ1) is 25.4. The number of hydrogen-bond donors (Lipinski definition) is 1. The molecule has 1 heterocycles. The Balaban J connectivity index is 0.00000625. The third kappa shape index (κ3) is 7.18. The second-order valence-corrected chi connectivity index (χ2v) is 8.69. The number of ether oxygens (including phenoxy) is 1. The van der Waals surface area contributed by atoms with Crippen LogP contribution in [0.3, 0.4) is 0 Å². The van der Waals surface area contributed by atoms with Crippen LogP contribution >= 0.6 is 24.0 Å². The van der Waals surface area contributed by atoms with Crippen molar-refractivity contribution in [3.8, 4) is 0 Å². The van der Waals surface area contributed by atoms with Crippen LogP contribution in [0.4, 0.5) is 0 Å². The van der Waals surface area contributed by atoms with Gasteiger partial charge in [0.2, 0.25) is 10.0 Å². The smallest absolute Gasteiger partial charge is 0.310 e. The lowest BCUT2D eigenvalue weighted by Gasteiger charge is -2.21. The van der Waals surface area contributed by atoms with Crippen molar-refractivity contribution in [1.82, 2.24) is 14.5 Å². The highest BCUT2D eigenvalue weighted by Crippen LogP contribution is 2.24. The summed E-state index contributed by atoms with van der Waals surface area (Å²) < 4.78 is 29.7. The van der Waals surface area contributed by atoms with Crippen LogP contribution in [0.2, 0.25) is 0 Å². The van der Waals surface area contributed by atoms with Crippen LogP contribution in [-0.4, -0.2) is 82.2 Å². The SMILES string of the molecule is CCNC(=NCCCN(C)S(=O)(=O)CC)N1CC(C)C(C(=O)OC)C1.I. The summed E-state index contributed by atoms with van der Waals surface area (Å²) in [6.07, 6.45) is 0.647. The van der Waals surface area contributed by atoms with Crippen molar-refractivity contribution in [1.29, 1.82) is 0 Å². The van der Waals surface area contributed by atoms with Gasteiger partial charge in [-0.15, -0.1) is 24.0 Å². The summed E-state index contributed by atoms with van der Waals surface area (Å²) in [6.45, 7) is 8.71. The van der Waals surface area contributed by atoms with E-state index in [1.165, 1.54) is 11.4 Å². The molecule has 0 saturated carbocycles. The third-order valence-electron chi connectivity index (χ3n) is 4.48. The molecule has 0 amide bonds. The normalized spacial score (nSPS) is 20.8. The van der Waals surface area contributed by atoms with E-state index in [4.69, 9.17) is 4.74 Å².